The molecule has 1 aliphatic heterocycles. The molecule has 0 aliphatic carbocycles. The average molecular weight is 430 g/mol. The lowest BCUT2D eigenvalue weighted by Crippen LogP contribution is -2.46. The maximum Gasteiger partial charge on any atom is 0.326 e. The van der Waals surface area contributed by atoms with E-state index in [0.29, 0.717) is 30.3 Å². The Labute approximate surface area is 182 Å². The van der Waals surface area contributed by atoms with Gasteiger partial charge >= 0.3 is 6.03 Å². The molecule has 1 N–H and O–H groups in total. The lowest BCUT2D eigenvalue weighted by atomic mass is 9.82. The number of halogens is 1. The number of ether oxygens (including phenoxy) is 1. The van der Waals surface area contributed by atoms with E-state index in [9.17, 15) is 9.59 Å². The van der Waals surface area contributed by atoms with Crippen LogP contribution >= 0.6 is 11.6 Å². The Morgan fingerprint density at radius 3 is 2.53 bits per heavy atom. The number of nitrogens with one attached hydrogen (secondary N) is 1. The minimum Gasteiger partial charge on any atom is -0.492 e. The summed E-state index contributed by atoms with van der Waals surface area (Å²) >= 11 is 5.97. The summed E-state index contributed by atoms with van der Waals surface area (Å²) in [5.41, 5.74) is -0.212. The Morgan fingerprint density at radius 1 is 1.13 bits per heavy atom. The number of likely N-dealkylation sites (N-methyl/N-ethyl adjacent to an activating group) is 1. The molecule has 2 aromatic carbocycles. The van der Waals surface area contributed by atoms with Crippen molar-refractivity contribution >= 4 is 23.5 Å². The standard InChI is InChI=1S/C23H28ClN3O3/c1-17(2)15-23(18-8-5-4-6-9-18)21(28)27(22(29)25-23)16-26(3)12-13-30-20-11-7-10-19(24)14-20/h4-11,14,17H,12-13,15-16H2,1-3H3,(H,25,29)/t23-/m0/s1. The van der Waals surface area contributed by atoms with Gasteiger partial charge in [0.1, 0.15) is 17.9 Å². The molecular weight excluding hydrogens is 402 g/mol. The van der Waals surface area contributed by atoms with Gasteiger partial charge in [-0.1, -0.05) is 61.8 Å². The number of hydrogen-bond donors (Lipinski definition) is 1. The van der Waals surface area contributed by atoms with Crippen molar-refractivity contribution in [2.24, 2.45) is 5.92 Å². The lowest BCUT2D eigenvalue weighted by molar-refractivity contribution is -0.133. The minimum atomic E-state index is -1.02. The molecule has 0 radical (unpaired) electrons. The van der Waals surface area contributed by atoms with E-state index in [0.717, 1.165) is 5.56 Å². The summed E-state index contributed by atoms with van der Waals surface area (Å²) in [4.78, 5) is 29.3. The van der Waals surface area contributed by atoms with Crippen LogP contribution in [0.2, 0.25) is 5.02 Å². The van der Waals surface area contributed by atoms with E-state index >= 15 is 0 Å². The van der Waals surface area contributed by atoms with Gasteiger partial charge in [0.2, 0.25) is 0 Å². The summed E-state index contributed by atoms with van der Waals surface area (Å²) in [6, 6.07) is 16.3. The highest BCUT2D eigenvalue weighted by atomic mass is 35.5. The van der Waals surface area contributed by atoms with E-state index in [-0.39, 0.29) is 24.5 Å². The molecule has 3 rings (SSSR count). The van der Waals surface area contributed by atoms with E-state index in [1.54, 1.807) is 12.1 Å². The Balaban J connectivity index is 1.66. The van der Waals surface area contributed by atoms with Crippen LogP contribution in [-0.2, 0) is 10.3 Å². The monoisotopic (exact) mass is 429 g/mol. The summed E-state index contributed by atoms with van der Waals surface area (Å²) in [6.07, 6.45) is 0.541. The Kier molecular flexibility index (Phi) is 7.00. The lowest BCUT2D eigenvalue weighted by Gasteiger charge is -2.29. The molecule has 3 amide bonds. The molecular formula is C23H28ClN3O3. The van der Waals surface area contributed by atoms with E-state index in [1.165, 1.54) is 4.90 Å². The molecule has 0 bridgehead atoms. The van der Waals surface area contributed by atoms with Crippen LogP contribution in [0.1, 0.15) is 25.8 Å². The zero-order valence-corrected chi connectivity index (χ0v) is 18.4. The third kappa shape index (κ3) is 4.94. The number of amides is 3. The van der Waals surface area contributed by atoms with Crippen molar-refractivity contribution in [2.75, 3.05) is 26.9 Å². The number of urea groups is 1. The van der Waals surface area contributed by atoms with Crippen molar-refractivity contribution in [3.63, 3.8) is 0 Å². The van der Waals surface area contributed by atoms with Crippen LogP contribution in [0.5, 0.6) is 5.75 Å². The molecule has 1 saturated heterocycles. The van der Waals surface area contributed by atoms with E-state index in [1.807, 2.05) is 68.3 Å². The molecule has 0 spiro atoms. The number of carbonyl (C=O) groups excluding carboxylic acids is 2. The topological polar surface area (TPSA) is 61.9 Å². The molecule has 1 atom stereocenters. The molecule has 2 aromatic rings. The van der Waals surface area contributed by atoms with Crippen LogP contribution in [0.3, 0.4) is 0 Å². The molecule has 7 heteroatoms. The molecule has 160 valence electrons. The number of imide groups is 1. The molecule has 0 aromatic heterocycles. The molecule has 1 aliphatic rings. The van der Waals surface area contributed by atoms with Crippen LogP contribution in [0.25, 0.3) is 0 Å². The largest absolute Gasteiger partial charge is 0.492 e. The fraction of sp³-hybridized carbons (Fsp3) is 0.391. The van der Waals surface area contributed by atoms with Crippen LogP contribution in [-0.4, -0.2) is 48.6 Å². The van der Waals surface area contributed by atoms with Gasteiger partial charge in [-0.2, -0.15) is 0 Å². The van der Waals surface area contributed by atoms with Crippen molar-refractivity contribution in [3.05, 3.63) is 65.2 Å². The van der Waals surface area contributed by atoms with Gasteiger partial charge in [0, 0.05) is 11.6 Å². The summed E-state index contributed by atoms with van der Waals surface area (Å²) in [6.45, 7) is 5.25. The maximum atomic E-state index is 13.4. The highest BCUT2D eigenvalue weighted by Gasteiger charge is 2.52. The normalized spacial score (nSPS) is 18.9. The number of hydrogen-bond acceptors (Lipinski definition) is 4. The first kappa shape index (κ1) is 22.1. The second kappa shape index (κ2) is 9.49. The van der Waals surface area contributed by atoms with Gasteiger partial charge in [-0.05, 0) is 43.1 Å². The third-order valence-electron chi connectivity index (χ3n) is 5.08. The summed E-state index contributed by atoms with van der Waals surface area (Å²) in [5, 5.41) is 3.59. The summed E-state index contributed by atoms with van der Waals surface area (Å²) in [5.74, 6) is 0.708. The highest BCUT2D eigenvalue weighted by Crippen LogP contribution is 2.35. The predicted octanol–water partition coefficient (Wildman–Crippen LogP) is 4.10. The second-order valence-electron chi connectivity index (χ2n) is 8.06. The summed E-state index contributed by atoms with van der Waals surface area (Å²) in [7, 11) is 1.85. The molecule has 1 fully saturated rings. The van der Waals surface area contributed by atoms with Gasteiger partial charge in [-0.15, -0.1) is 0 Å². The van der Waals surface area contributed by atoms with Crippen molar-refractivity contribution in [1.29, 1.82) is 0 Å². The Morgan fingerprint density at radius 2 is 1.87 bits per heavy atom. The first-order chi connectivity index (χ1) is 14.3. The average Bonchev–Trinajstić information content (AvgIpc) is 2.93. The van der Waals surface area contributed by atoms with E-state index in [4.69, 9.17) is 16.3 Å². The zero-order chi connectivity index (χ0) is 21.7. The zero-order valence-electron chi connectivity index (χ0n) is 17.6. The van der Waals surface area contributed by atoms with Crippen LogP contribution < -0.4 is 10.1 Å². The minimum absolute atomic E-state index is 0.191. The first-order valence-corrected chi connectivity index (χ1v) is 10.5. The van der Waals surface area contributed by atoms with Gasteiger partial charge < -0.3 is 10.1 Å². The fourth-order valence-electron chi connectivity index (χ4n) is 3.73. The molecule has 1 heterocycles. The maximum absolute atomic E-state index is 13.4. The predicted molar refractivity (Wildman–Crippen MR) is 117 cm³/mol. The van der Waals surface area contributed by atoms with Gasteiger partial charge in [0.25, 0.3) is 5.91 Å². The van der Waals surface area contributed by atoms with Crippen LogP contribution in [0.4, 0.5) is 4.79 Å². The van der Waals surface area contributed by atoms with Gasteiger partial charge in [0.15, 0.2) is 0 Å². The number of carbonyl (C=O) groups is 2. The van der Waals surface area contributed by atoms with Crippen LogP contribution in [0.15, 0.2) is 54.6 Å². The van der Waals surface area contributed by atoms with Crippen LogP contribution in [0, 0.1) is 5.92 Å². The molecule has 0 saturated carbocycles. The number of benzene rings is 2. The Hall–Kier alpha value is -2.57. The van der Waals surface area contributed by atoms with Gasteiger partial charge in [0.05, 0.1) is 6.67 Å². The first-order valence-electron chi connectivity index (χ1n) is 10.1. The quantitative estimate of drug-likeness (QED) is 0.609. The molecule has 30 heavy (non-hydrogen) atoms. The van der Waals surface area contributed by atoms with Gasteiger partial charge in [-0.25, -0.2) is 9.69 Å². The second-order valence-corrected chi connectivity index (χ2v) is 8.50. The van der Waals surface area contributed by atoms with E-state index < -0.39 is 5.54 Å². The highest BCUT2D eigenvalue weighted by molar-refractivity contribution is 6.30. The van der Waals surface area contributed by atoms with Gasteiger partial charge in [-0.3, -0.25) is 9.69 Å². The molecule has 0 unspecified atom stereocenters. The van der Waals surface area contributed by atoms with E-state index in [2.05, 4.69) is 5.32 Å². The van der Waals surface area contributed by atoms with Crippen molar-refractivity contribution in [3.8, 4) is 5.75 Å². The summed E-state index contributed by atoms with van der Waals surface area (Å²) < 4.78 is 5.71. The third-order valence-corrected chi connectivity index (χ3v) is 5.31. The number of rotatable bonds is 9. The smallest absolute Gasteiger partial charge is 0.326 e. The SMILES string of the molecule is CC(C)C[C@@]1(c2ccccc2)NC(=O)N(CN(C)CCOc2cccc(Cl)c2)C1=O. The fourth-order valence-corrected chi connectivity index (χ4v) is 3.91. The Bertz CT molecular complexity index is 890. The van der Waals surface area contributed by atoms with Crippen molar-refractivity contribution in [2.45, 2.75) is 25.8 Å². The van der Waals surface area contributed by atoms with Crippen molar-refractivity contribution < 1.29 is 14.3 Å². The molecule has 6 nitrogen and oxygen atoms in total. The van der Waals surface area contributed by atoms with Crippen molar-refractivity contribution in [1.82, 2.24) is 15.1 Å². The number of nitrogens with zero attached hydrogens (tertiary/aromatic N) is 2.